The van der Waals surface area contributed by atoms with Gasteiger partial charge in [0.15, 0.2) is 0 Å². The normalized spacial score (nSPS) is 12.5. The van der Waals surface area contributed by atoms with Crippen LogP contribution < -0.4 is 4.74 Å². The van der Waals surface area contributed by atoms with Crippen molar-refractivity contribution in [1.29, 1.82) is 0 Å². The molecule has 0 saturated heterocycles. The number of hydrogen-bond acceptors (Lipinski definition) is 4. The number of hydrogen-bond donors (Lipinski definition) is 0. The highest BCUT2D eigenvalue weighted by Gasteiger charge is 2.29. The Kier molecular flexibility index (Phi) is 7.87. The fraction of sp³-hybridized carbons (Fsp3) is 0.381. The Balaban J connectivity index is 1.89. The summed E-state index contributed by atoms with van der Waals surface area (Å²) in [6.45, 7) is 1.73. The molecular weight excluding hydrogens is 373 g/mol. The Hall–Kier alpha value is -2.54. The van der Waals surface area contributed by atoms with Crippen molar-refractivity contribution in [3.05, 3.63) is 65.2 Å². The van der Waals surface area contributed by atoms with E-state index in [1.54, 1.807) is 13.2 Å². The number of ether oxygens (including phenoxy) is 3. The predicted octanol–water partition coefficient (Wildman–Crippen LogP) is 4.80. The van der Waals surface area contributed by atoms with Gasteiger partial charge in [0, 0.05) is 19.6 Å². The number of para-hydroxylation sites is 1. The molecule has 0 fully saturated rings. The number of alkyl halides is 3. The van der Waals surface area contributed by atoms with Crippen LogP contribution in [0.4, 0.5) is 13.2 Å². The van der Waals surface area contributed by atoms with Crippen molar-refractivity contribution in [2.24, 2.45) is 0 Å². The van der Waals surface area contributed by atoms with Gasteiger partial charge in [0.1, 0.15) is 19.0 Å². The van der Waals surface area contributed by atoms with Crippen LogP contribution in [-0.4, -0.2) is 25.8 Å². The molecule has 0 amide bonds. The van der Waals surface area contributed by atoms with Crippen molar-refractivity contribution < 1.29 is 32.2 Å². The third kappa shape index (κ3) is 6.88. The highest BCUT2D eigenvalue weighted by molar-refractivity contribution is 5.66. The first-order valence-corrected chi connectivity index (χ1v) is 8.82. The minimum atomic E-state index is -4.33. The van der Waals surface area contributed by atoms with Gasteiger partial charge < -0.3 is 14.2 Å². The molecule has 4 nitrogen and oxygen atoms in total. The average Bonchev–Trinajstić information content (AvgIpc) is 2.66. The van der Waals surface area contributed by atoms with Crippen LogP contribution in [0.1, 0.15) is 30.0 Å². The Morgan fingerprint density at radius 3 is 2.36 bits per heavy atom. The van der Waals surface area contributed by atoms with Crippen LogP contribution in [0.5, 0.6) is 5.75 Å². The van der Waals surface area contributed by atoms with E-state index in [0.717, 1.165) is 23.3 Å². The Labute approximate surface area is 162 Å². The molecule has 0 radical (unpaired) electrons. The van der Waals surface area contributed by atoms with E-state index in [1.807, 2.05) is 18.2 Å². The van der Waals surface area contributed by atoms with Crippen molar-refractivity contribution in [2.45, 2.75) is 38.7 Å². The molecule has 0 bridgehead atoms. The lowest BCUT2D eigenvalue weighted by atomic mass is 10.0. The summed E-state index contributed by atoms with van der Waals surface area (Å²) in [5.74, 6) is 0.224. The first kappa shape index (κ1) is 21.8. The zero-order valence-corrected chi connectivity index (χ0v) is 15.8. The van der Waals surface area contributed by atoms with Gasteiger partial charge in [-0.1, -0.05) is 30.3 Å². The number of benzene rings is 2. The van der Waals surface area contributed by atoms with Gasteiger partial charge in [-0.15, -0.1) is 0 Å². The molecule has 0 saturated carbocycles. The second kappa shape index (κ2) is 10.1. The van der Waals surface area contributed by atoms with Gasteiger partial charge in [-0.3, -0.25) is 4.79 Å². The first-order chi connectivity index (χ1) is 13.3. The number of aryl methyl sites for hydroxylation is 1. The molecule has 2 aromatic carbocycles. The molecule has 2 aromatic rings. The van der Waals surface area contributed by atoms with Crippen LogP contribution in [0, 0.1) is 0 Å². The standard InChI is InChI=1S/C21H23F3O4/c1-15(25)27-13-17-5-3-4-6-20(17)28-14-19(26-2)12-9-16-7-10-18(11-8-16)21(22,23)24/h3-8,10-11,19H,9,12-14H2,1-2H3. The van der Waals surface area contributed by atoms with Gasteiger partial charge in [0.25, 0.3) is 0 Å². The second-order valence-electron chi connectivity index (χ2n) is 6.29. The summed E-state index contributed by atoms with van der Waals surface area (Å²) >= 11 is 0. The van der Waals surface area contributed by atoms with Gasteiger partial charge >= 0.3 is 12.1 Å². The number of halogens is 3. The second-order valence-corrected chi connectivity index (χ2v) is 6.29. The van der Waals surface area contributed by atoms with Crippen LogP contribution in [0.3, 0.4) is 0 Å². The van der Waals surface area contributed by atoms with Crippen LogP contribution in [0.15, 0.2) is 48.5 Å². The van der Waals surface area contributed by atoms with Gasteiger partial charge in [0.05, 0.1) is 11.7 Å². The lowest BCUT2D eigenvalue weighted by molar-refractivity contribution is -0.142. The van der Waals surface area contributed by atoms with Crippen molar-refractivity contribution in [1.82, 2.24) is 0 Å². The lowest BCUT2D eigenvalue weighted by Crippen LogP contribution is -2.21. The molecule has 1 unspecified atom stereocenters. The van der Waals surface area contributed by atoms with Crippen LogP contribution >= 0.6 is 0 Å². The fourth-order valence-electron chi connectivity index (χ4n) is 2.58. The number of carbonyl (C=O) groups excluding carboxylic acids is 1. The maximum atomic E-state index is 12.6. The topological polar surface area (TPSA) is 44.8 Å². The number of rotatable bonds is 9. The summed E-state index contributed by atoms with van der Waals surface area (Å²) in [4.78, 5) is 11.0. The molecule has 152 valence electrons. The summed E-state index contributed by atoms with van der Waals surface area (Å²) in [5, 5.41) is 0. The molecule has 1 atom stereocenters. The zero-order chi connectivity index (χ0) is 20.6. The van der Waals surface area contributed by atoms with Gasteiger partial charge in [-0.05, 0) is 36.6 Å². The monoisotopic (exact) mass is 396 g/mol. The minimum Gasteiger partial charge on any atom is -0.490 e. The van der Waals surface area contributed by atoms with Crippen LogP contribution in [0.25, 0.3) is 0 Å². The molecular formula is C21H23F3O4. The molecule has 0 aliphatic heterocycles. The van der Waals surface area contributed by atoms with Crippen molar-refractivity contribution >= 4 is 5.97 Å². The van der Waals surface area contributed by atoms with E-state index in [4.69, 9.17) is 14.2 Å². The summed E-state index contributed by atoms with van der Waals surface area (Å²) in [5.41, 5.74) is 0.882. The summed E-state index contributed by atoms with van der Waals surface area (Å²) in [6.07, 6.45) is -3.41. The zero-order valence-electron chi connectivity index (χ0n) is 15.8. The van der Waals surface area contributed by atoms with Gasteiger partial charge in [-0.25, -0.2) is 0 Å². The highest BCUT2D eigenvalue weighted by Crippen LogP contribution is 2.29. The molecule has 0 aliphatic carbocycles. The van der Waals surface area contributed by atoms with E-state index in [2.05, 4.69) is 0 Å². The van der Waals surface area contributed by atoms with Crippen molar-refractivity contribution in [3.8, 4) is 5.75 Å². The Bertz CT molecular complexity index is 757. The summed E-state index contributed by atoms with van der Waals surface area (Å²) in [7, 11) is 1.56. The SMILES string of the molecule is COC(CCc1ccc(C(F)(F)F)cc1)COc1ccccc1COC(C)=O. The smallest absolute Gasteiger partial charge is 0.416 e. The summed E-state index contributed by atoms with van der Waals surface area (Å²) < 4.78 is 54.1. The van der Waals surface area contributed by atoms with E-state index in [-0.39, 0.29) is 25.3 Å². The first-order valence-electron chi connectivity index (χ1n) is 8.82. The molecule has 2 rings (SSSR count). The third-order valence-corrected chi connectivity index (χ3v) is 4.20. The molecule has 28 heavy (non-hydrogen) atoms. The molecule has 0 aliphatic rings. The van der Waals surface area contributed by atoms with Gasteiger partial charge in [-0.2, -0.15) is 13.2 Å². The van der Waals surface area contributed by atoms with E-state index >= 15 is 0 Å². The number of esters is 1. The third-order valence-electron chi connectivity index (χ3n) is 4.20. The quantitative estimate of drug-likeness (QED) is 0.572. The largest absolute Gasteiger partial charge is 0.490 e. The van der Waals surface area contributed by atoms with Crippen LogP contribution in [-0.2, 0) is 33.5 Å². The fourth-order valence-corrected chi connectivity index (χ4v) is 2.58. The van der Waals surface area contributed by atoms with Crippen LogP contribution in [0.2, 0.25) is 0 Å². The van der Waals surface area contributed by atoms with Gasteiger partial charge in [0.2, 0.25) is 0 Å². The molecule has 0 heterocycles. The highest BCUT2D eigenvalue weighted by atomic mass is 19.4. The maximum absolute atomic E-state index is 12.6. The van der Waals surface area contributed by atoms with E-state index in [9.17, 15) is 18.0 Å². The molecule has 0 aromatic heterocycles. The lowest BCUT2D eigenvalue weighted by Gasteiger charge is -2.18. The minimum absolute atomic E-state index is 0.120. The average molecular weight is 396 g/mol. The number of methoxy groups -OCH3 is 1. The number of carbonyl (C=O) groups is 1. The maximum Gasteiger partial charge on any atom is 0.416 e. The molecule has 0 spiro atoms. The van der Waals surface area contributed by atoms with E-state index in [0.29, 0.717) is 18.6 Å². The van der Waals surface area contributed by atoms with Crippen molar-refractivity contribution in [2.75, 3.05) is 13.7 Å². The van der Waals surface area contributed by atoms with E-state index in [1.165, 1.54) is 19.1 Å². The Morgan fingerprint density at radius 1 is 1.07 bits per heavy atom. The Morgan fingerprint density at radius 2 is 1.75 bits per heavy atom. The molecule has 7 heteroatoms. The summed E-state index contributed by atoms with van der Waals surface area (Å²) in [6, 6.07) is 12.3. The van der Waals surface area contributed by atoms with Crippen molar-refractivity contribution in [3.63, 3.8) is 0 Å². The molecule has 0 N–H and O–H groups in total. The van der Waals surface area contributed by atoms with E-state index < -0.39 is 11.7 Å². The predicted molar refractivity (Wildman–Crippen MR) is 98.0 cm³/mol.